The van der Waals surface area contributed by atoms with Gasteiger partial charge < -0.3 is 4.90 Å². The molecule has 4 rings (SSSR count). The van der Waals surface area contributed by atoms with E-state index in [1.54, 1.807) is 22.4 Å². The first kappa shape index (κ1) is 22.7. The Kier molecular flexibility index (Phi) is 7.07. The van der Waals surface area contributed by atoms with E-state index in [2.05, 4.69) is 16.3 Å². The van der Waals surface area contributed by atoms with Crippen molar-refractivity contribution in [3.63, 3.8) is 0 Å². The van der Waals surface area contributed by atoms with Crippen LogP contribution in [0.1, 0.15) is 25.0 Å². The summed E-state index contributed by atoms with van der Waals surface area (Å²) in [5, 5.41) is 9.23. The topological polar surface area (TPSA) is 86.4 Å². The molecule has 1 aliphatic rings. The van der Waals surface area contributed by atoms with Crippen molar-refractivity contribution in [2.75, 3.05) is 26.7 Å². The predicted molar refractivity (Wildman–Crippen MR) is 126 cm³/mol. The molecule has 7 nitrogen and oxygen atoms in total. The number of amides is 1. The van der Waals surface area contributed by atoms with Crippen LogP contribution in [0.5, 0.6) is 0 Å². The number of sulfonamides is 1. The molecule has 1 N–H and O–H groups in total. The second kappa shape index (κ2) is 9.97. The van der Waals surface area contributed by atoms with E-state index < -0.39 is 10.0 Å². The number of benzene rings is 1. The maximum absolute atomic E-state index is 12.9. The van der Waals surface area contributed by atoms with Crippen molar-refractivity contribution in [1.29, 1.82) is 0 Å². The van der Waals surface area contributed by atoms with E-state index >= 15 is 0 Å². The van der Waals surface area contributed by atoms with E-state index in [1.807, 2.05) is 37.4 Å². The largest absolute Gasteiger partial charge is 0.346 e. The van der Waals surface area contributed by atoms with Crippen LogP contribution in [0.25, 0.3) is 11.3 Å². The lowest BCUT2D eigenvalue weighted by molar-refractivity contribution is -0.135. The number of aromatic nitrogens is 2. The Morgan fingerprint density at radius 2 is 1.94 bits per heavy atom. The number of aryl methyl sites for hydroxylation is 1. The molecule has 0 aliphatic carbocycles. The lowest BCUT2D eigenvalue weighted by Crippen LogP contribution is -2.43. The summed E-state index contributed by atoms with van der Waals surface area (Å²) < 4.78 is 27.2. The van der Waals surface area contributed by atoms with Crippen molar-refractivity contribution in [3.8, 4) is 11.3 Å². The molecular formula is C23H28N4O3S2. The van der Waals surface area contributed by atoms with Crippen molar-refractivity contribution in [2.45, 2.75) is 29.9 Å². The van der Waals surface area contributed by atoms with Gasteiger partial charge in [-0.1, -0.05) is 36.4 Å². The van der Waals surface area contributed by atoms with Crippen molar-refractivity contribution in [2.24, 2.45) is 5.92 Å². The molecule has 1 aliphatic heterocycles. The molecule has 3 aromatic rings. The van der Waals surface area contributed by atoms with Gasteiger partial charge in [0, 0.05) is 43.9 Å². The maximum Gasteiger partial charge on any atom is 0.252 e. The summed E-state index contributed by atoms with van der Waals surface area (Å²) in [5.41, 5.74) is 3.06. The van der Waals surface area contributed by atoms with Gasteiger partial charge in [-0.15, -0.1) is 11.3 Å². The number of H-pyrrole nitrogens is 1. The van der Waals surface area contributed by atoms with E-state index in [1.165, 1.54) is 15.6 Å². The highest BCUT2D eigenvalue weighted by atomic mass is 32.2. The molecule has 0 atom stereocenters. The summed E-state index contributed by atoms with van der Waals surface area (Å²) >= 11 is 1.23. The molecule has 9 heteroatoms. The third-order valence-electron chi connectivity index (χ3n) is 5.91. The number of hydrogen-bond acceptors (Lipinski definition) is 5. The van der Waals surface area contributed by atoms with E-state index in [9.17, 15) is 13.2 Å². The highest BCUT2D eigenvalue weighted by molar-refractivity contribution is 7.91. The van der Waals surface area contributed by atoms with Gasteiger partial charge in [-0.25, -0.2) is 8.42 Å². The standard InChI is InChI=1S/C23H28N4O3S2/c1-26(13-5-9-20-17-21(25-24-20)18-7-3-2-4-8-18)23(28)19-11-14-27(15-12-19)32(29,30)22-10-6-16-31-22/h2-4,6-8,10,16-17,19H,5,9,11-15H2,1H3,(H,24,25). The Bertz CT molecular complexity index is 1120. The van der Waals surface area contributed by atoms with Gasteiger partial charge in [0.15, 0.2) is 0 Å². The summed E-state index contributed by atoms with van der Waals surface area (Å²) in [5.74, 6) is -0.0145. The molecule has 170 valence electrons. The summed E-state index contributed by atoms with van der Waals surface area (Å²) in [6.45, 7) is 1.44. The van der Waals surface area contributed by atoms with Gasteiger partial charge in [-0.05, 0) is 43.2 Å². The fraction of sp³-hybridized carbons (Fsp3) is 0.391. The van der Waals surface area contributed by atoms with Gasteiger partial charge in [-0.2, -0.15) is 9.40 Å². The van der Waals surface area contributed by atoms with E-state index in [4.69, 9.17) is 0 Å². The van der Waals surface area contributed by atoms with Crippen LogP contribution in [0.4, 0.5) is 0 Å². The van der Waals surface area contributed by atoms with Crippen molar-refractivity contribution in [1.82, 2.24) is 19.4 Å². The van der Waals surface area contributed by atoms with Crippen molar-refractivity contribution < 1.29 is 13.2 Å². The van der Waals surface area contributed by atoms with Crippen LogP contribution in [0.2, 0.25) is 0 Å². The number of aromatic amines is 1. The number of rotatable bonds is 8. The van der Waals surface area contributed by atoms with E-state index in [-0.39, 0.29) is 11.8 Å². The number of thiophene rings is 1. The molecule has 3 heterocycles. The van der Waals surface area contributed by atoms with Crippen LogP contribution in [0.15, 0.2) is 58.1 Å². The van der Waals surface area contributed by atoms with Crippen LogP contribution in [-0.2, 0) is 21.2 Å². The number of nitrogens with one attached hydrogen (secondary N) is 1. The first-order valence-corrected chi connectivity index (χ1v) is 13.2. The summed E-state index contributed by atoms with van der Waals surface area (Å²) in [7, 11) is -1.60. The zero-order valence-electron chi connectivity index (χ0n) is 18.1. The smallest absolute Gasteiger partial charge is 0.252 e. The second-order valence-corrected chi connectivity index (χ2v) is 11.2. The van der Waals surface area contributed by atoms with Crippen molar-refractivity contribution in [3.05, 3.63) is 59.6 Å². The van der Waals surface area contributed by atoms with Gasteiger partial charge in [-0.3, -0.25) is 9.89 Å². The van der Waals surface area contributed by atoms with Crippen LogP contribution in [-0.4, -0.2) is 60.4 Å². The average Bonchev–Trinajstić information content (AvgIpc) is 3.52. The number of carbonyl (C=O) groups excluding carboxylic acids is 1. The Hall–Kier alpha value is -2.49. The zero-order chi connectivity index (χ0) is 22.6. The van der Waals surface area contributed by atoms with Crippen LogP contribution >= 0.6 is 11.3 Å². The summed E-state index contributed by atoms with van der Waals surface area (Å²) in [4.78, 5) is 14.6. The fourth-order valence-electron chi connectivity index (χ4n) is 4.06. The minimum absolute atomic E-state index is 0.104. The molecule has 1 fully saturated rings. The normalized spacial score (nSPS) is 15.7. The SMILES string of the molecule is CN(CCCc1cc(-c2ccccc2)n[nH]1)C(=O)C1CCN(S(=O)(=O)c2cccs2)CC1. The lowest BCUT2D eigenvalue weighted by Gasteiger charge is -2.32. The molecule has 1 amide bonds. The highest BCUT2D eigenvalue weighted by Gasteiger charge is 2.33. The number of hydrogen-bond donors (Lipinski definition) is 1. The van der Waals surface area contributed by atoms with Crippen LogP contribution < -0.4 is 0 Å². The molecule has 32 heavy (non-hydrogen) atoms. The number of piperidine rings is 1. The Labute approximate surface area is 193 Å². The minimum atomic E-state index is -3.43. The number of carbonyl (C=O) groups is 1. The first-order valence-electron chi connectivity index (χ1n) is 10.8. The highest BCUT2D eigenvalue weighted by Crippen LogP contribution is 2.27. The monoisotopic (exact) mass is 472 g/mol. The van der Waals surface area contributed by atoms with Crippen LogP contribution in [0.3, 0.4) is 0 Å². The third kappa shape index (κ3) is 5.11. The zero-order valence-corrected chi connectivity index (χ0v) is 19.7. The lowest BCUT2D eigenvalue weighted by atomic mass is 9.96. The van der Waals surface area contributed by atoms with E-state index in [0.29, 0.717) is 36.7 Å². The molecule has 0 unspecified atom stereocenters. The molecule has 1 saturated heterocycles. The minimum Gasteiger partial charge on any atom is -0.346 e. The van der Waals surface area contributed by atoms with Gasteiger partial charge in [0.1, 0.15) is 4.21 Å². The molecule has 2 aromatic heterocycles. The maximum atomic E-state index is 12.9. The third-order valence-corrected chi connectivity index (χ3v) is 9.18. The second-order valence-electron chi connectivity index (χ2n) is 8.12. The molecule has 0 bridgehead atoms. The fourth-order valence-corrected chi connectivity index (χ4v) is 6.67. The van der Waals surface area contributed by atoms with Gasteiger partial charge in [0.2, 0.25) is 5.91 Å². The molecule has 1 aromatic carbocycles. The average molecular weight is 473 g/mol. The Balaban J connectivity index is 1.23. The quantitative estimate of drug-likeness (QED) is 0.542. The molecule has 0 saturated carbocycles. The Morgan fingerprint density at radius 3 is 2.62 bits per heavy atom. The summed E-state index contributed by atoms with van der Waals surface area (Å²) in [6, 6.07) is 15.5. The van der Waals surface area contributed by atoms with Crippen LogP contribution in [0, 0.1) is 5.92 Å². The molecular weight excluding hydrogens is 444 g/mol. The van der Waals surface area contributed by atoms with Crippen molar-refractivity contribution >= 4 is 27.3 Å². The van der Waals surface area contributed by atoms with Gasteiger partial charge in [0.25, 0.3) is 10.0 Å². The molecule has 0 spiro atoms. The van der Waals surface area contributed by atoms with Gasteiger partial charge in [0.05, 0.1) is 5.69 Å². The van der Waals surface area contributed by atoms with E-state index in [0.717, 1.165) is 29.8 Å². The summed E-state index contributed by atoms with van der Waals surface area (Å²) in [6.07, 6.45) is 2.78. The number of nitrogens with zero attached hydrogens (tertiary/aromatic N) is 3. The predicted octanol–water partition coefficient (Wildman–Crippen LogP) is 3.63. The van der Waals surface area contributed by atoms with Gasteiger partial charge >= 0.3 is 0 Å². The molecule has 0 radical (unpaired) electrons. The first-order chi connectivity index (χ1) is 15.4. The Morgan fingerprint density at radius 1 is 1.19 bits per heavy atom.